The molecule has 0 aliphatic carbocycles. The summed E-state index contributed by atoms with van der Waals surface area (Å²) in [7, 11) is -3.61. The highest BCUT2D eigenvalue weighted by Gasteiger charge is 2.38. The van der Waals surface area contributed by atoms with Crippen LogP contribution >= 0.6 is 0 Å². The molecule has 0 aromatic heterocycles. The Morgan fingerprint density at radius 1 is 1.32 bits per heavy atom. The Morgan fingerprint density at radius 2 is 1.86 bits per heavy atom. The number of hydrogen-bond acceptors (Lipinski definition) is 4. The number of carbonyl (C=O) groups is 1. The predicted molar refractivity (Wildman–Crippen MR) is 77.7 cm³/mol. The first kappa shape index (κ1) is 16.7. The highest BCUT2D eigenvalue weighted by atomic mass is 32.2. The minimum atomic E-state index is -3.61. The van der Waals surface area contributed by atoms with E-state index in [1.807, 2.05) is 0 Å². The molecule has 6 nitrogen and oxygen atoms in total. The standard InChI is InChI=1S/C14H18FNO5S/c1-22(19,20)21-10-14(11-2-4-12(15)5-3-11)6-8-16(9-7-14)13(17)18/h2-5H,6-10H2,1H3,(H,17,18). The maximum Gasteiger partial charge on any atom is 0.407 e. The van der Waals surface area contributed by atoms with Crippen molar-refractivity contribution in [2.24, 2.45) is 0 Å². The lowest BCUT2D eigenvalue weighted by atomic mass is 9.73. The molecule has 2 rings (SSSR count). The third-order valence-corrected chi connectivity index (χ3v) is 4.54. The Morgan fingerprint density at radius 3 is 2.32 bits per heavy atom. The Balaban J connectivity index is 2.25. The van der Waals surface area contributed by atoms with Crippen LogP contribution in [0, 0.1) is 5.82 Å². The van der Waals surface area contributed by atoms with Crippen molar-refractivity contribution in [2.45, 2.75) is 18.3 Å². The summed E-state index contributed by atoms with van der Waals surface area (Å²) in [6.07, 6.45) is 0.801. The van der Waals surface area contributed by atoms with Gasteiger partial charge < -0.3 is 10.0 Å². The SMILES string of the molecule is CS(=O)(=O)OCC1(c2ccc(F)cc2)CCN(C(=O)O)CC1. The number of benzene rings is 1. The van der Waals surface area contributed by atoms with E-state index in [0.29, 0.717) is 12.8 Å². The van der Waals surface area contributed by atoms with Gasteiger partial charge in [0.25, 0.3) is 10.1 Å². The second kappa shape index (κ2) is 6.21. The van der Waals surface area contributed by atoms with Crippen LogP contribution in [-0.4, -0.2) is 50.5 Å². The zero-order valence-corrected chi connectivity index (χ0v) is 13.0. The molecule has 0 unspecified atom stereocenters. The van der Waals surface area contributed by atoms with Crippen LogP contribution in [0.1, 0.15) is 18.4 Å². The van der Waals surface area contributed by atoms with Crippen molar-refractivity contribution in [1.29, 1.82) is 0 Å². The summed E-state index contributed by atoms with van der Waals surface area (Å²) in [5, 5.41) is 9.02. The van der Waals surface area contributed by atoms with Gasteiger partial charge in [0, 0.05) is 18.5 Å². The van der Waals surface area contributed by atoms with Crippen LogP contribution in [0.3, 0.4) is 0 Å². The number of hydrogen-bond donors (Lipinski definition) is 1. The molecule has 8 heteroatoms. The third-order valence-electron chi connectivity index (χ3n) is 4.00. The molecule has 0 radical (unpaired) electrons. The van der Waals surface area contributed by atoms with Gasteiger partial charge in [-0.25, -0.2) is 9.18 Å². The third kappa shape index (κ3) is 3.95. The highest BCUT2D eigenvalue weighted by Crippen LogP contribution is 2.36. The molecule has 0 bridgehead atoms. The largest absolute Gasteiger partial charge is 0.465 e. The minimum absolute atomic E-state index is 0.0784. The van der Waals surface area contributed by atoms with E-state index in [2.05, 4.69) is 0 Å². The molecule has 1 saturated heterocycles. The molecule has 1 aromatic rings. The Hall–Kier alpha value is -1.67. The smallest absolute Gasteiger partial charge is 0.407 e. The van der Waals surface area contributed by atoms with Crippen molar-refractivity contribution in [3.05, 3.63) is 35.6 Å². The van der Waals surface area contributed by atoms with Crippen molar-refractivity contribution in [3.8, 4) is 0 Å². The molecule has 0 spiro atoms. The van der Waals surface area contributed by atoms with E-state index in [9.17, 15) is 17.6 Å². The topological polar surface area (TPSA) is 83.9 Å². The van der Waals surface area contributed by atoms with Crippen LogP contribution < -0.4 is 0 Å². The Bertz CT molecular complexity index is 636. The zero-order valence-electron chi connectivity index (χ0n) is 12.2. The summed E-state index contributed by atoms with van der Waals surface area (Å²) in [4.78, 5) is 12.3. The summed E-state index contributed by atoms with van der Waals surface area (Å²) in [5.41, 5.74) is 0.116. The molecule has 22 heavy (non-hydrogen) atoms. The van der Waals surface area contributed by atoms with Crippen molar-refractivity contribution < 1.29 is 26.9 Å². The number of halogens is 1. The second-order valence-electron chi connectivity index (χ2n) is 5.52. The number of piperidine rings is 1. The van der Waals surface area contributed by atoms with E-state index < -0.39 is 21.6 Å². The van der Waals surface area contributed by atoms with Crippen LogP contribution in [0.5, 0.6) is 0 Å². The van der Waals surface area contributed by atoms with E-state index in [1.165, 1.54) is 17.0 Å². The molecule has 1 aromatic carbocycles. The van der Waals surface area contributed by atoms with E-state index in [1.54, 1.807) is 12.1 Å². The fourth-order valence-electron chi connectivity index (χ4n) is 2.67. The number of amides is 1. The molecular weight excluding hydrogens is 313 g/mol. The second-order valence-corrected chi connectivity index (χ2v) is 7.17. The average molecular weight is 331 g/mol. The number of carboxylic acid groups (broad SMARTS) is 1. The highest BCUT2D eigenvalue weighted by molar-refractivity contribution is 7.85. The predicted octanol–water partition coefficient (Wildman–Crippen LogP) is 1.81. The fraction of sp³-hybridized carbons (Fsp3) is 0.500. The van der Waals surface area contributed by atoms with Crippen molar-refractivity contribution >= 4 is 16.2 Å². The molecule has 1 heterocycles. The van der Waals surface area contributed by atoms with Crippen LogP contribution in [0.2, 0.25) is 0 Å². The van der Waals surface area contributed by atoms with Crippen molar-refractivity contribution in [2.75, 3.05) is 26.0 Å². The lowest BCUT2D eigenvalue weighted by molar-refractivity contribution is 0.0971. The lowest BCUT2D eigenvalue weighted by Crippen LogP contribution is -2.47. The molecule has 1 amide bonds. The number of likely N-dealkylation sites (tertiary alicyclic amines) is 1. The minimum Gasteiger partial charge on any atom is -0.465 e. The monoisotopic (exact) mass is 331 g/mol. The number of rotatable bonds is 4. The number of nitrogens with zero attached hydrogens (tertiary/aromatic N) is 1. The lowest BCUT2D eigenvalue weighted by Gasteiger charge is -2.40. The maximum atomic E-state index is 13.1. The summed E-state index contributed by atoms with van der Waals surface area (Å²) < 4.78 is 40.6. The van der Waals surface area contributed by atoms with Crippen LogP contribution in [0.15, 0.2) is 24.3 Å². The van der Waals surface area contributed by atoms with E-state index in [-0.39, 0.29) is 25.5 Å². The first-order valence-electron chi connectivity index (χ1n) is 6.80. The normalized spacial score (nSPS) is 18.2. The van der Waals surface area contributed by atoms with Gasteiger partial charge in [-0.3, -0.25) is 4.18 Å². The molecule has 1 N–H and O–H groups in total. The van der Waals surface area contributed by atoms with Crippen LogP contribution in [0.25, 0.3) is 0 Å². The van der Waals surface area contributed by atoms with Gasteiger partial charge in [0.05, 0.1) is 12.9 Å². The molecule has 1 aliphatic rings. The van der Waals surface area contributed by atoms with E-state index in [0.717, 1.165) is 11.8 Å². The molecule has 1 aliphatic heterocycles. The van der Waals surface area contributed by atoms with Gasteiger partial charge in [0.2, 0.25) is 0 Å². The quantitative estimate of drug-likeness (QED) is 0.851. The summed E-state index contributed by atoms with van der Waals surface area (Å²) in [6.45, 7) is 0.477. The van der Waals surface area contributed by atoms with Gasteiger partial charge in [0.1, 0.15) is 5.82 Å². The van der Waals surface area contributed by atoms with E-state index >= 15 is 0 Å². The van der Waals surface area contributed by atoms with Crippen LogP contribution in [-0.2, 0) is 19.7 Å². The molecule has 0 saturated carbocycles. The first-order chi connectivity index (χ1) is 10.2. The molecule has 122 valence electrons. The van der Waals surface area contributed by atoms with Gasteiger partial charge in [-0.2, -0.15) is 8.42 Å². The zero-order chi connectivity index (χ0) is 16.4. The Labute approximate surface area is 128 Å². The first-order valence-corrected chi connectivity index (χ1v) is 8.62. The van der Waals surface area contributed by atoms with Gasteiger partial charge in [-0.1, -0.05) is 12.1 Å². The Kier molecular flexibility index (Phi) is 4.72. The molecular formula is C14H18FNO5S. The van der Waals surface area contributed by atoms with Gasteiger partial charge >= 0.3 is 6.09 Å². The van der Waals surface area contributed by atoms with Gasteiger partial charge in [-0.05, 0) is 30.5 Å². The van der Waals surface area contributed by atoms with Crippen molar-refractivity contribution in [3.63, 3.8) is 0 Å². The fourth-order valence-corrected chi connectivity index (χ4v) is 3.11. The van der Waals surface area contributed by atoms with Gasteiger partial charge in [0.15, 0.2) is 0 Å². The summed E-state index contributed by atoms with van der Waals surface area (Å²) in [6, 6.07) is 5.80. The van der Waals surface area contributed by atoms with Crippen LogP contribution in [0.4, 0.5) is 9.18 Å². The van der Waals surface area contributed by atoms with E-state index in [4.69, 9.17) is 9.29 Å². The maximum absolute atomic E-state index is 13.1. The molecule has 1 fully saturated rings. The molecule has 0 atom stereocenters. The summed E-state index contributed by atoms with van der Waals surface area (Å²) in [5.74, 6) is -0.383. The van der Waals surface area contributed by atoms with Gasteiger partial charge in [-0.15, -0.1) is 0 Å². The van der Waals surface area contributed by atoms with Crippen molar-refractivity contribution in [1.82, 2.24) is 4.90 Å². The average Bonchev–Trinajstić information content (AvgIpc) is 2.45. The summed E-state index contributed by atoms with van der Waals surface area (Å²) >= 11 is 0.